The number of imidazole rings is 1. The van der Waals surface area contributed by atoms with Crippen molar-refractivity contribution in [2.24, 2.45) is 0 Å². The number of pyridine rings is 1. The van der Waals surface area contributed by atoms with E-state index >= 15 is 0 Å². The fourth-order valence-corrected chi connectivity index (χ4v) is 3.85. The van der Waals surface area contributed by atoms with Gasteiger partial charge in [0.05, 0.1) is 12.2 Å². The van der Waals surface area contributed by atoms with E-state index in [0.717, 1.165) is 37.6 Å². The van der Waals surface area contributed by atoms with Gasteiger partial charge < -0.3 is 9.30 Å². The second-order valence-corrected chi connectivity index (χ2v) is 6.95. The van der Waals surface area contributed by atoms with Crippen LogP contribution >= 0.6 is 0 Å². The zero-order valence-corrected chi connectivity index (χ0v) is 15.8. The summed E-state index contributed by atoms with van der Waals surface area (Å²) in [6.07, 6.45) is 11.2. The fourth-order valence-electron chi connectivity index (χ4n) is 3.85. The first kappa shape index (κ1) is 17.7. The number of ether oxygens (including phenoxy) is 1. The van der Waals surface area contributed by atoms with Crippen molar-refractivity contribution in [3.8, 4) is 11.5 Å². The summed E-state index contributed by atoms with van der Waals surface area (Å²) in [6.45, 7) is 5.08. The van der Waals surface area contributed by atoms with Gasteiger partial charge in [-0.1, -0.05) is 24.6 Å². The molecule has 0 aliphatic carbocycles. The molecule has 0 amide bonds. The van der Waals surface area contributed by atoms with Gasteiger partial charge in [-0.2, -0.15) is 0 Å². The van der Waals surface area contributed by atoms with Crippen molar-refractivity contribution in [2.45, 2.75) is 45.3 Å². The maximum Gasteiger partial charge on any atom is 0.145 e. The average Bonchev–Trinajstić information content (AvgIpc) is 3.19. The standard InChI is InChI=1S/C22H26N4O/c1-2-25-15-13-24-22(25)20-10-5-6-14-26(20)17-18-8-3-4-11-21(18)27-19-9-7-12-23-16-19/h3-4,7-9,11-13,15-16,20H,2,5-6,10,14,17H2,1H3. The minimum Gasteiger partial charge on any atom is -0.455 e. The molecular weight excluding hydrogens is 336 g/mol. The lowest BCUT2D eigenvalue weighted by Gasteiger charge is -2.35. The molecule has 1 atom stereocenters. The van der Waals surface area contributed by atoms with Crippen molar-refractivity contribution in [1.29, 1.82) is 0 Å². The average molecular weight is 362 g/mol. The number of rotatable bonds is 6. The molecule has 27 heavy (non-hydrogen) atoms. The van der Waals surface area contributed by atoms with Crippen molar-refractivity contribution in [1.82, 2.24) is 19.4 Å². The lowest BCUT2D eigenvalue weighted by Crippen LogP contribution is -2.34. The summed E-state index contributed by atoms with van der Waals surface area (Å²) in [5.41, 5.74) is 1.20. The summed E-state index contributed by atoms with van der Waals surface area (Å²) in [5, 5.41) is 0. The molecule has 140 valence electrons. The number of hydrogen-bond donors (Lipinski definition) is 0. The van der Waals surface area contributed by atoms with Crippen molar-refractivity contribution in [3.05, 3.63) is 72.6 Å². The van der Waals surface area contributed by atoms with Gasteiger partial charge in [0.15, 0.2) is 0 Å². The zero-order valence-electron chi connectivity index (χ0n) is 15.8. The third kappa shape index (κ3) is 4.03. The largest absolute Gasteiger partial charge is 0.455 e. The van der Waals surface area contributed by atoms with Gasteiger partial charge in [0.2, 0.25) is 0 Å². The molecule has 0 radical (unpaired) electrons. The SMILES string of the molecule is CCn1ccnc1C1CCCCN1Cc1ccccc1Oc1cccnc1. The van der Waals surface area contributed by atoms with Gasteiger partial charge in [-0.05, 0) is 44.5 Å². The van der Waals surface area contributed by atoms with Crippen LogP contribution in [-0.4, -0.2) is 26.0 Å². The van der Waals surface area contributed by atoms with E-state index in [1.54, 1.807) is 12.4 Å². The Morgan fingerprint density at radius 3 is 2.89 bits per heavy atom. The van der Waals surface area contributed by atoms with E-state index in [9.17, 15) is 0 Å². The molecule has 1 saturated heterocycles. The molecule has 0 bridgehead atoms. The molecule has 1 unspecified atom stereocenters. The quantitative estimate of drug-likeness (QED) is 0.631. The number of piperidine rings is 1. The second-order valence-electron chi connectivity index (χ2n) is 6.95. The van der Waals surface area contributed by atoms with E-state index in [-0.39, 0.29) is 0 Å². The lowest BCUT2D eigenvalue weighted by molar-refractivity contribution is 0.130. The molecular formula is C22H26N4O. The second kappa shape index (κ2) is 8.35. The summed E-state index contributed by atoms with van der Waals surface area (Å²) in [5.74, 6) is 2.85. The zero-order chi connectivity index (χ0) is 18.5. The van der Waals surface area contributed by atoms with Gasteiger partial charge in [0.1, 0.15) is 17.3 Å². The Morgan fingerprint density at radius 1 is 1.11 bits per heavy atom. The van der Waals surface area contributed by atoms with E-state index in [1.165, 1.54) is 24.2 Å². The van der Waals surface area contributed by atoms with Gasteiger partial charge in [-0.25, -0.2) is 4.98 Å². The first-order chi connectivity index (χ1) is 13.3. The molecule has 4 rings (SSSR count). The van der Waals surface area contributed by atoms with Gasteiger partial charge in [0.25, 0.3) is 0 Å². The van der Waals surface area contributed by atoms with Crippen molar-refractivity contribution < 1.29 is 4.74 Å². The summed E-state index contributed by atoms with van der Waals surface area (Å²) in [7, 11) is 0. The van der Waals surface area contributed by atoms with Crippen LogP contribution in [0.1, 0.15) is 43.6 Å². The molecule has 5 nitrogen and oxygen atoms in total. The molecule has 3 heterocycles. The molecule has 0 spiro atoms. The molecule has 3 aromatic rings. The number of para-hydroxylation sites is 1. The molecule has 0 saturated carbocycles. The number of nitrogens with zero attached hydrogens (tertiary/aromatic N) is 4. The molecule has 1 aliphatic heterocycles. The Bertz CT molecular complexity index is 862. The highest BCUT2D eigenvalue weighted by Gasteiger charge is 2.27. The fraction of sp³-hybridized carbons (Fsp3) is 0.364. The molecule has 0 N–H and O–H groups in total. The van der Waals surface area contributed by atoms with Crippen LogP contribution in [0.15, 0.2) is 61.2 Å². The lowest BCUT2D eigenvalue weighted by atomic mass is 10.00. The highest BCUT2D eigenvalue weighted by atomic mass is 16.5. The number of aromatic nitrogens is 3. The van der Waals surface area contributed by atoms with Crippen LogP contribution in [0.5, 0.6) is 11.5 Å². The van der Waals surface area contributed by atoms with Gasteiger partial charge in [0, 0.05) is 37.2 Å². The maximum absolute atomic E-state index is 6.11. The van der Waals surface area contributed by atoms with E-state index in [1.807, 2.05) is 30.5 Å². The smallest absolute Gasteiger partial charge is 0.145 e. The highest BCUT2D eigenvalue weighted by Crippen LogP contribution is 2.33. The monoisotopic (exact) mass is 362 g/mol. The van der Waals surface area contributed by atoms with Crippen LogP contribution in [-0.2, 0) is 13.1 Å². The number of hydrogen-bond acceptors (Lipinski definition) is 4. The predicted molar refractivity (Wildman–Crippen MR) is 106 cm³/mol. The van der Waals surface area contributed by atoms with E-state index in [4.69, 9.17) is 4.74 Å². The Balaban J connectivity index is 1.57. The van der Waals surface area contributed by atoms with Crippen molar-refractivity contribution in [2.75, 3.05) is 6.54 Å². The normalized spacial score (nSPS) is 17.7. The minimum absolute atomic E-state index is 0.361. The van der Waals surface area contributed by atoms with E-state index in [2.05, 4.69) is 44.7 Å². The number of benzene rings is 1. The third-order valence-electron chi connectivity index (χ3n) is 5.21. The molecule has 1 fully saturated rings. The maximum atomic E-state index is 6.11. The summed E-state index contributed by atoms with van der Waals surface area (Å²) in [4.78, 5) is 11.4. The van der Waals surface area contributed by atoms with Crippen LogP contribution in [0, 0.1) is 0 Å². The van der Waals surface area contributed by atoms with Crippen molar-refractivity contribution >= 4 is 0 Å². The first-order valence-corrected chi connectivity index (χ1v) is 9.76. The minimum atomic E-state index is 0.361. The molecule has 2 aromatic heterocycles. The summed E-state index contributed by atoms with van der Waals surface area (Å²) < 4.78 is 8.38. The van der Waals surface area contributed by atoms with Gasteiger partial charge >= 0.3 is 0 Å². The van der Waals surface area contributed by atoms with E-state index < -0.39 is 0 Å². The Morgan fingerprint density at radius 2 is 2.04 bits per heavy atom. The van der Waals surface area contributed by atoms with Crippen LogP contribution < -0.4 is 4.74 Å². The van der Waals surface area contributed by atoms with Gasteiger partial charge in [-0.3, -0.25) is 9.88 Å². The van der Waals surface area contributed by atoms with Crippen LogP contribution in [0.2, 0.25) is 0 Å². The molecule has 1 aromatic carbocycles. The highest BCUT2D eigenvalue weighted by molar-refractivity contribution is 5.37. The van der Waals surface area contributed by atoms with Crippen LogP contribution in [0.4, 0.5) is 0 Å². The van der Waals surface area contributed by atoms with Crippen molar-refractivity contribution in [3.63, 3.8) is 0 Å². The predicted octanol–water partition coefficient (Wildman–Crippen LogP) is 4.82. The Labute approximate surface area is 160 Å². The topological polar surface area (TPSA) is 43.2 Å². The Hall–Kier alpha value is -2.66. The van der Waals surface area contributed by atoms with E-state index in [0.29, 0.717) is 6.04 Å². The third-order valence-corrected chi connectivity index (χ3v) is 5.21. The first-order valence-electron chi connectivity index (χ1n) is 9.76. The van der Waals surface area contributed by atoms with Crippen LogP contribution in [0.3, 0.4) is 0 Å². The number of likely N-dealkylation sites (tertiary alicyclic amines) is 1. The number of aryl methyl sites for hydroxylation is 1. The summed E-state index contributed by atoms with van der Waals surface area (Å²) in [6, 6.07) is 12.5. The van der Waals surface area contributed by atoms with Crippen LogP contribution in [0.25, 0.3) is 0 Å². The van der Waals surface area contributed by atoms with Gasteiger partial charge in [-0.15, -0.1) is 0 Å². The molecule has 5 heteroatoms. The molecule has 1 aliphatic rings. The summed E-state index contributed by atoms with van der Waals surface area (Å²) >= 11 is 0. The Kier molecular flexibility index (Phi) is 5.49.